The molecular weight excluding hydrogens is 364 g/mol. The van der Waals surface area contributed by atoms with Gasteiger partial charge in [0.25, 0.3) is 0 Å². The Labute approximate surface area is 172 Å². The van der Waals surface area contributed by atoms with Crippen molar-refractivity contribution >= 4 is 22.8 Å². The zero-order valence-electron chi connectivity index (χ0n) is 17.1. The summed E-state index contributed by atoms with van der Waals surface area (Å²) in [5.74, 6) is 0.133. The third kappa shape index (κ3) is 4.92. The quantitative estimate of drug-likeness (QED) is 0.722. The number of urea groups is 1. The molecule has 0 spiro atoms. The molecule has 0 unspecified atom stereocenters. The summed E-state index contributed by atoms with van der Waals surface area (Å²) in [4.78, 5) is 30.2. The first-order valence-corrected chi connectivity index (χ1v) is 11.1. The summed E-state index contributed by atoms with van der Waals surface area (Å²) >= 11 is 0. The van der Waals surface area contributed by atoms with E-state index in [1.54, 1.807) is 0 Å². The summed E-state index contributed by atoms with van der Waals surface area (Å²) in [5.41, 5.74) is 2.36. The number of nitrogens with zero attached hydrogens (tertiary/aromatic N) is 1. The highest BCUT2D eigenvalue weighted by Crippen LogP contribution is 2.21. The molecular formula is C23H32N4O2. The van der Waals surface area contributed by atoms with Crippen molar-refractivity contribution in [3.8, 4) is 0 Å². The van der Waals surface area contributed by atoms with E-state index in [0.717, 1.165) is 37.6 Å². The van der Waals surface area contributed by atoms with Gasteiger partial charge in [0, 0.05) is 48.7 Å². The van der Waals surface area contributed by atoms with Crippen LogP contribution in [0.3, 0.4) is 0 Å². The highest BCUT2D eigenvalue weighted by molar-refractivity contribution is 5.83. The second-order valence-electron chi connectivity index (χ2n) is 8.45. The van der Waals surface area contributed by atoms with Gasteiger partial charge in [-0.15, -0.1) is 0 Å². The molecule has 6 heteroatoms. The maximum absolute atomic E-state index is 12.5. The van der Waals surface area contributed by atoms with E-state index in [-0.39, 0.29) is 17.9 Å². The van der Waals surface area contributed by atoms with Gasteiger partial charge in [0.15, 0.2) is 0 Å². The molecule has 2 aliphatic rings. The van der Waals surface area contributed by atoms with Crippen molar-refractivity contribution in [3.63, 3.8) is 0 Å². The molecule has 3 amide bonds. The summed E-state index contributed by atoms with van der Waals surface area (Å²) in [6, 6.07) is 8.62. The van der Waals surface area contributed by atoms with Crippen molar-refractivity contribution in [2.24, 2.45) is 5.92 Å². The van der Waals surface area contributed by atoms with Crippen LogP contribution in [-0.4, -0.2) is 47.5 Å². The second-order valence-corrected chi connectivity index (χ2v) is 8.45. The molecule has 6 nitrogen and oxygen atoms in total. The third-order valence-electron chi connectivity index (χ3n) is 6.45. The Bertz CT molecular complexity index is 832. The van der Waals surface area contributed by atoms with E-state index in [1.165, 1.54) is 30.2 Å². The van der Waals surface area contributed by atoms with E-state index in [4.69, 9.17) is 0 Å². The zero-order chi connectivity index (χ0) is 20.1. The average molecular weight is 397 g/mol. The Morgan fingerprint density at radius 1 is 1.03 bits per heavy atom. The number of carbonyl (C=O) groups is 2. The van der Waals surface area contributed by atoms with Crippen LogP contribution in [0.1, 0.15) is 50.5 Å². The van der Waals surface area contributed by atoms with E-state index < -0.39 is 0 Å². The largest absolute Gasteiger partial charge is 0.361 e. The summed E-state index contributed by atoms with van der Waals surface area (Å²) in [5, 5.41) is 7.50. The first-order valence-electron chi connectivity index (χ1n) is 11.1. The summed E-state index contributed by atoms with van der Waals surface area (Å²) in [6.45, 7) is 1.97. The number of hydrogen-bond acceptors (Lipinski definition) is 2. The number of benzene rings is 1. The van der Waals surface area contributed by atoms with Crippen LogP contribution < -0.4 is 10.6 Å². The first-order chi connectivity index (χ1) is 14.2. The molecule has 29 heavy (non-hydrogen) atoms. The molecule has 2 fully saturated rings. The SMILES string of the molecule is O=C(NCCc1c[nH]c2ccccc12)C1CCN(C(=O)NC2CCCCC2)CC1. The lowest BCUT2D eigenvalue weighted by molar-refractivity contribution is -0.126. The van der Waals surface area contributed by atoms with Crippen LogP contribution in [0.2, 0.25) is 0 Å². The Balaban J connectivity index is 1.18. The number of amides is 3. The third-order valence-corrected chi connectivity index (χ3v) is 6.45. The molecule has 0 bridgehead atoms. The summed E-state index contributed by atoms with van der Waals surface area (Å²) in [7, 11) is 0. The smallest absolute Gasteiger partial charge is 0.317 e. The van der Waals surface area contributed by atoms with E-state index >= 15 is 0 Å². The standard InChI is InChI=1S/C23H32N4O2/c28-22(24-13-10-18-16-25-21-9-5-4-8-20(18)21)17-11-14-27(15-12-17)23(29)26-19-6-2-1-3-7-19/h4-5,8-9,16-17,19,25H,1-3,6-7,10-15H2,(H,24,28)(H,26,29). The molecule has 1 saturated heterocycles. The molecule has 1 aliphatic carbocycles. The van der Waals surface area contributed by atoms with Gasteiger partial charge < -0.3 is 20.5 Å². The van der Waals surface area contributed by atoms with Crippen LogP contribution in [-0.2, 0) is 11.2 Å². The van der Waals surface area contributed by atoms with Gasteiger partial charge in [0.2, 0.25) is 5.91 Å². The van der Waals surface area contributed by atoms with Gasteiger partial charge in [-0.3, -0.25) is 4.79 Å². The van der Waals surface area contributed by atoms with Crippen LogP contribution in [0.5, 0.6) is 0 Å². The number of fused-ring (bicyclic) bond motifs is 1. The monoisotopic (exact) mass is 396 g/mol. The number of para-hydroxylation sites is 1. The minimum atomic E-state index is 0.0108. The summed E-state index contributed by atoms with van der Waals surface area (Å²) in [6.07, 6.45) is 10.2. The maximum atomic E-state index is 12.5. The van der Waals surface area contributed by atoms with Gasteiger partial charge in [-0.1, -0.05) is 37.5 Å². The number of likely N-dealkylation sites (tertiary alicyclic amines) is 1. The molecule has 1 saturated carbocycles. The minimum absolute atomic E-state index is 0.0108. The molecule has 4 rings (SSSR count). The fourth-order valence-corrected chi connectivity index (χ4v) is 4.66. The van der Waals surface area contributed by atoms with Gasteiger partial charge in [-0.25, -0.2) is 4.79 Å². The summed E-state index contributed by atoms with van der Waals surface area (Å²) < 4.78 is 0. The van der Waals surface area contributed by atoms with E-state index in [9.17, 15) is 9.59 Å². The van der Waals surface area contributed by atoms with E-state index in [2.05, 4.69) is 27.8 Å². The van der Waals surface area contributed by atoms with Crippen molar-refractivity contribution in [3.05, 3.63) is 36.0 Å². The van der Waals surface area contributed by atoms with Gasteiger partial charge in [0.1, 0.15) is 0 Å². The van der Waals surface area contributed by atoms with Gasteiger partial charge >= 0.3 is 6.03 Å². The molecule has 0 radical (unpaired) electrons. The van der Waals surface area contributed by atoms with Crippen molar-refractivity contribution in [1.82, 2.24) is 20.5 Å². The van der Waals surface area contributed by atoms with Crippen LogP contribution in [0.15, 0.2) is 30.5 Å². The molecule has 1 aromatic carbocycles. The van der Waals surface area contributed by atoms with Crippen LogP contribution >= 0.6 is 0 Å². The van der Waals surface area contributed by atoms with Crippen LogP contribution in [0.25, 0.3) is 10.9 Å². The normalized spacial score (nSPS) is 18.7. The maximum Gasteiger partial charge on any atom is 0.317 e. The predicted molar refractivity (Wildman–Crippen MR) is 115 cm³/mol. The number of piperidine rings is 1. The average Bonchev–Trinajstić information content (AvgIpc) is 3.18. The Morgan fingerprint density at radius 2 is 1.79 bits per heavy atom. The second kappa shape index (κ2) is 9.33. The fourth-order valence-electron chi connectivity index (χ4n) is 4.66. The number of aromatic nitrogens is 1. The predicted octanol–water partition coefficient (Wildman–Crippen LogP) is 3.58. The number of aromatic amines is 1. The van der Waals surface area contributed by atoms with Crippen LogP contribution in [0, 0.1) is 5.92 Å². The lowest BCUT2D eigenvalue weighted by atomic mass is 9.95. The lowest BCUT2D eigenvalue weighted by Gasteiger charge is -2.33. The van der Waals surface area contributed by atoms with E-state index in [0.29, 0.717) is 25.7 Å². The van der Waals surface area contributed by atoms with Crippen LogP contribution in [0.4, 0.5) is 4.79 Å². The molecule has 2 aromatic rings. The number of carbonyl (C=O) groups excluding carboxylic acids is 2. The highest BCUT2D eigenvalue weighted by Gasteiger charge is 2.28. The van der Waals surface area contributed by atoms with Crippen molar-refractivity contribution in [1.29, 1.82) is 0 Å². The minimum Gasteiger partial charge on any atom is -0.361 e. The Hall–Kier alpha value is -2.50. The molecule has 156 valence electrons. The molecule has 1 aliphatic heterocycles. The lowest BCUT2D eigenvalue weighted by Crippen LogP contribution is -2.49. The van der Waals surface area contributed by atoms with Gasteiger partial charge in [-0.2, -0.15) is 0 Å². The number of rotatable bonds is 5. The first kappa shape index (κ1) is 19.8. The molecule has 0 atom stereocenters. The highest BCUT2D eigenvalue weighted by atomic mass is 16.2. The molecule has 2 heterocycles. The number of nitrogens with one attached hydrogen (secondary N) is 3. The number of hydrogen-bond donors (Lipinski definition) is 3. The van der Waals surface area contributed by atoms with Crippen molar-refractivity contribution in [2.45, 2.75) is 57.4 Å². The van der Waals surface area contributed by atoms with Gasteiger partial charge in [-0.05, 0) is 43.7 Å². The zero-order valence-corrected chi connectivity index (χ0v) is 17.1. The van der Waals surface area contributed by atoms with E-state index in [1.807, 2.05) is 23.2 Å². The topological polar surface area (TPSA) is 77.2 Å². The van der Waals surface area contributed by atoms with Crippen molar-refractivity contribution in [2.75, 3.05) is 19.6 Å². The number of H-pyrrole nitrogens is 1. The molecule has 3 N–H and O–H groups in total. The Kier molecular flexibility index (Phi) is 6.37. The van der Waals surface area contributed by atoms with Crippen molar-refractivity contribution < 1.29 is 9.59 Å². The Morgan fingerprint density at radius 3 is 2.59 bits per heavy atom. The van der Waals surface area contributed by atoms with Gasteiger partial charge in [0.05, 0.1) is 0 Å². The molecule has 1 aromatic heterocycles. The fraction of sp³-hybridized carbons (Fsp3) is 0.565.